The number of piperazine rings is 2. The Hall–Kier alpha value is -2.91. The summed E-state index contributed by atoms with van der Waals surface area (Å²) in [4.78, 5) is 37.7. The number of aryl methyl sites for hydroxylation is 2. The van der Waals surface area contributed by atoms with Crippen molar-refractivity contribution in [3.8, 4) is 12.5 Å². The summed E-state index contributed by atoms with van der Waals surface area (Å²) in [6, 6.07) is 3.81. The number of nitrogens with one attached hydrogen (secondary N) is 1. The Morgan fingerprint density at radius 3 is 1.79 bits per heavy atom. The fourth-order valence-corrected chi connectivity index (χ4v) is 3.26. The van der Waals surface area contributed by atoms with Gasteiger partial charge >= 0.3 is 0 Å². The maximum Gasteiger partial charge on any atom is 0.225 e. The number of rotatable bonds is 2. The fraction of sp³-hybridized carbons (Fsp3) is 0.500. The molecule has 2 aromatic heterocycles. The van der Waals surface area contributed by atoms with Gasteiger partial charge in [0.25, 0.3) is 0 Å². The molecule has 0 spiro atoms. The minimum atomic E-state index is 0. The van der Waals surface area contributed by atoms with E-state index in [1.807, 2.05) is 37.1 Å². The number of amides is 1. The van der Waals surface area contributed by atoms with Crippen LogP contribution in [0.2, 0.25) is 0 Å². The van der Waals surface area contributed by atoms with Gasteiger partial charge in [-0.2, -0.15) is 5.26 Å². The van der Waals surface area contributed by atoms with Gasteiger partial charge in [0, 0.05) is 102 Å². The number of carbonyl (C=O) groups is 1. The quantitative estimate of drug-likeness (QED) is 0.342. The molecule has 11 nitrogen and oxygen atoms in total. The zero-order valence-corrected chi connectivity index (χ0v) is 21.3. The van der Waals surface area contributed by atoms with Crippen LogP contribution in [0.15, 0.2) is 24.5 Å². The summed E-state index contributed by atoms with van der Waals surface area (Å²) in [5.74, 6) is 1.77. The van der Waals surface area contributed by atoms with Crippen LogP contribution >= 0.6 is 0 Å². The summed E-state index contributed by atoms with van der Waals surface area (Å²) >= 11 is 0. The van der Waals surface area contributed by atoms with E-state index in [-0.39, 0.29) is 24.5 Å². The normalized spacial score (nSPS) is 14.9. The molecule has 2 aliphatic heterocycles. The topological polar surface area (TPSA) is 120 Å². The summed E-state index contributed by atoms with van der Waals surface area (Å²) in [5.41, 5.74) is 2.00. The predicted molar refractivity (Wildman–Crippen MR) is 126 cm³/mol. The van der Waals surface area contributed by atoms with Gasteiger partial charge in [-0.3, -0.25) is 9.68 Å². The Morgan fingerprint density at radius 2 is 1.41 bits per heavy atom. The maximum absolute atomic E-state index is 11.2. The SMILES string of the molecule is C#COO.CC(=O)N1CCN(c2nccc(C)n2)CC1.Cc1ccnc(N2CCNCC2)n1.[V]. The molecule has 2 saturated heterocycles. The first-order chi connectivity index (χ1) is 15.9. The third-order valence-electron chi connectivity index (χ3n) is 5.02. The van der Waals surface area contributed by atoms with Gasteiger partial charge in [0.15, 0.2) is 6.11 Å². The molecule has 0 atom stereocenters. The zero-order valence-electron chi connectivity index (χ0n) is 19.9. The molecular formula is C22H32N8O3V. The van der Waals surface area contributed by atoms with Gasteiger partial charge in [0.1, 0.15) is 0 Å². The molecular weight excluding hydrogens is 475 g/mol. The summed E-state index contributed by atoms with van der Waals surface area (Å²) < 4.78 is 0. The molecule has 2 aromatic rings. The molecule has 2 aliphatic rings. The minimum Gasteiger partial charge on any atom is -0.339 e. The molecule has 0 aliphatic carbocycles. The number of anilines is 2. The summed E-state index contributed by atoms with van der Waals surface area (Å²) in [6.45, 7) is 12.7. The van der Waals surface area contributed by atoms with E-state index in [0.717, 1.165) is 75.6 Å². The Bertz CT molecular complexity index is 913. The monoisotopic (exact) mass is 507 g/mol. The molecule has 34 heavy (non-hydrogen) atoms. The van der Waals surface area contributed by atoms with Crippen molar-refractivity contribution in [3.63, 3.8) is 0 Å². The van der Waals surface area contributed by atoms with E-state index in [1.54, 1.807) is 13.1 Å². The van der Waals surface area contributed by atoms with Crippen LogP contribution in [-0.2, 0) is 28.2 Å². The van der Waals surface area contributed by atoms with E-state index >= 15 is 0 Å². The molecule has 1 radical (unpaired) electrons. The first-order valence-electron chi connectivity index (χ1n) is 10.8. The van der Waals surface area contributed by atoms with E-state index in [4.69, 9.17) is 5.26 Å². The van der Waals surface area contributed by atoms with Crippen LogP contribution < -0.4 is 15.1 Å². The third kappa shape index (κ3) is 9.93. The van der Waals surface area contributed by atoms with Crippen molar-refractivity contribution in [2.75, 3.05) is 62.2 Å². The Kier molecular flexibility index (Phi) is 13.6. The molecule has 183 valence electrons. The van der Waals surface area contributed by atoms with Crippen LogP contribution in [0, 0.1) is 26.4 Å². The fourth-order valence-electron chi connectivity index (χ4n) is 3.26. The molecule has 0 bridgehead atoms. The number of terminal acetylenes is 1. The van der Waals surface area contributed by atoms with E-state index in [2.05, 4.69) is 46.4 Å². The molecule has 2 fully saturated rings. The Labute approximate surface area is 212 Å². The molecule has 12 heteroatoms. The van der Waals surface area contributed by atoms with Crippen molar-refractivity contribution in [1.29, 1.82) is 0 Å². The molecule has 2 N–H and O–H groups in total. The van der Waals surface area contributed by atoms with Gasteiger partial charge in [-0.1, -0.05) is 6.42 Å². The molecule has 4 rings (SSSR count). The number of carbonyl (C=O) groups excluding carboxylic acids is 1. The van der Waals surface area contributed by atoms with Crippen molar-refractivity contribution in [3.05, 3.63) is 35.9 Å². The maximum atomic E-state index is 11.2. The first-order valence-corrected chi connectivity index (χ1v) is 10.8. The van der Waals surface area contributed by atoms with Crippen molar-refractivity contribution in [2.45, 2.75) is 20.8 Å². The van der Waals surface area contributed by atoms with Crippen molar-refractivity contribution < 1.29 is 33.5 Å². The minimum absolute atomic E-state index is 0. The van der Waals surface area contributed by atoms with Crippen molar-refractivity contribution in [1.82, 2.24) is 30.2 Å². The smallest absolute Gasteiger partial charge is 0.225 e. The predicted octanol–water partition coefficient (Wildman–Crippen LogP) is 0.712. The molecule has 0 unspecified atom stereocenters. The van der Waals surface area contributed by atoms with Crippen molar-refractivity contribution >= 4 is 17.8 Å². The van der Waals surface area contributed by atoms with Gasteiger partial charge in [-0.25, -0.2) is 19.9 Å². The second-order valence-corrected chi connectivity index (χ2v) is 7.44. The number of hydrogen-bond acceptors (Lipinski definition) is 10. The van der Waals surface area contributed by atoms with Crippen molar-refractivity contribution in [2.24, 2.45) is 0 Å². The van der Waals surface area contributed by atoms with Gasteiger partial charge in [-0.05, 0) is 26.0 Å². The van der Waals surface area contributed by atoms with E-state index in [1.165, 1.54) is 6.11 Å². The average molecular weight is 507 g/mol. The average Bonchev–Trinajstić information content (AvgIpc) is 2.85. The van der Waals surface area contributed by atoms with Crippen LogP contribution in [-0.4, -0.2) is 88.4 Å². The standard InChI is InChI=1S/C11H16N4O.C9H14N4.C2H2O2.V/c1-9-3-4-12-11(13-9)15-7-5-14(6-8-15)10(2)16;1-8-2-3-11-9(12-8)13-6-4-10-5-7-13;1-2-4-3;/h3-4H,5-8H2,1-2H3;2-3,10H,4-7H2,1H3;1,3H;. The van der Waals surface area contributed by atoms with Crippen LogP contribution in [0.1, 0.15) is 18.3 Å². The van der Waals surface area contributed by atoms with E-state index in [9.17, 15) is 4.79 Å². The second kappa shape index (κ2) is 15.8. The summed E-state index contributed by atoms with van der Waals surface area (Å²) in [5, 5.41) is 10.4. The Morgan fingerprint density at radius 1 is 0.971 bits per heavy atom. The van der Waals surface area contributed by atoms with Crippen LogP contribution in [0.25, 0.3) is 0 Å². The second-order valence-electron chi connectivity index (χ2n) is 7.44. The number of nitrogens with zero attached hydrogens (tertiary/aromatic N) is 7. The molecule has 0 saturated carbocycles. The van der Waals surface area contributed by atoms with Gasteiger partial charge in [0.05, 0.1) is 0 Å². The number of aromatic nitrogens is 4. The van der Waals surface area contributed by atoms with Crippen LogP contribution in [0.3, 0.4) is 0 Å². The van der Waals surface area contributed by atoms with Gasteiger partial charge in [-0.15, -0.1) is 0 Å². The molecule has 1 amide bonds. The zero-order chi connectivity index (χ0) is 24.1. The van der Waals surface area contributed by atoms with Crippen LogP contribution in [0.5, 0.6) is 0 Å². The largest absolute Gasteiger partial charge is 0.339 e. The van der Waals surface area contributed by atoms with E-state index < -0.39 is 0 Å². The first kappa shape index (κ1) is 29.1. The third-order valence-corrected chi connectivity index (χ3v) is 5.02. The van der Waals surface area contributed by atoms with E-state index in [0.29, 0.717) is 0 Å². The van der Waals surface area contributed by atoms with Crippen LogP contribution in [0.4, 0.5) is 11.9 Å². The number of hydrogen-bond donors (Lipinski definition) is 2. The molecule has 4 heterocycles. The summed E-state index contributed by atoms with van der Waals surface area (Å²) in [6.07, 6.45) is 9.38. The Balaban J connectivity index is 0.000000291. The van der Waals surface area contributed by atoms with Gasteiger partial charge < -0.3 is 20.0 Å². The van der Waals surface area contributed by atoms with Gasteiger partial charge in [0.2, 0.25) is 17.8 Å². The molecule has 0 aromatic carbocycles. The summed E-state index contributed by atoms with van der Waals surface area (Å²) in [7, 11) is 0.